The minimum atomic E-state index is 0.0512. The summed E-state index contributed by atoms with van der Waals surface area (Å²) in [6.45, 7) is 6.68. The first-order valence-corrected chi connectivity index (χ1v) is 10.4. The third-order valence-electron chi connectivity index (χ3n) is 6.34. The SMILES string of the molecule is CC1(C)Cc2nc(N3CCCC3)ncc2C(NC(=O)CC2CCCC2)C1. The van der Waals surface area contributed by atoms with Gasteiger partial charge in [-0.2, -0.15) is 0 Å². The molecule has 1 aliphatic heterocycles. The zero-order valence-corrected chi connectivity index (χ0v) is 16.3. The van der Waals surface area contributed by atoms with E-state index in [0.29, 0.717) is 12.3 Å². The summed E-state index contributed by atoms with van der Waals surface area (Å²) in [4.78, 5) is 24.5. The normalized spacial score (nSPS) is 25.3. The first kappa shape index (κ1) is 17.7. The van der Waals surface area contributed by atoms with Gasteiger partial charge in [-0.25, -0.2) is 9.97 Å². The lowest BCUT2D eigenvalue weighted by molar-refractivity contribution is -0.123. The van der Waals surface area contributed by atoms with Crippen molar-refractivity contribution < 1.29 is 4.79 Å². The summed E-state index contributed by atoms with van der Waals surface area (Å²) in [7, 11) is 0. The van der Waals surface area contributed by atoms with Crippen molar-refractivity contribution in [3.8, 4) is 0 Å². The maximum absolute atomic E-state index is 12.6. The Balaban J connectivity index is 1.51. The van der Waals surface area contributed by atoms with Gasteiger partial charge in [-0.15, -0.1) is 0 Å². The lowest BCUT2D eigenvalue weighted by atomic mass is 9.74. The van der Waals surface area contributed by atoms with E-state index < -0.39 is 0 Å². The second-order valence-corrected chi connectivity index (χ2v) is 9.29. The van der Waals surface area contributed by atoms with Crippen LogP contribution in [0.15, 0.2) is 6.20 Å². The standard InChI is InChI=1S/C21H32N4O/c1-21(2)12-17(23-19(26)11-15-7-3-4-8-15)16-14-22-20(24-18(16)13-21)25-9-5-6-10-25/h14-15,17H,3-13H2,1-2H3,(H,23,26). The summed E-state index contributed by atoms with van der Waals surface area (Å²) in [5.41, 5.74) is 2.41. The van der Waals surface area contributed by atoms with Crippen LogP contribution in [0, 0.1) is 11.3 Å². The van der Waals surface area contributed by atoms with E-state index in [4.69, 9.17) is 4.98 Å². The van der Waals surface area contributed by atoms with Gasteiger partial charge in [0, 0.05) is 31.3 Å². The van der Waals surface area contributed by atoms with E-state index in [1.165, 1.54) is 38.5 Å². The lowest BCUT2D eigenvalue weighted by Gasteiger charge is -2.37. The first-order chi connectivity index (χ1) is 12.5. The van der Waals surface area contributed by atoms with Gasteiger partial charge < -0.3 is 10.2 Å². The van der Waals surface area contributed by atoms with E-state index >= 15 is 0 Å². The molecule has 1 unspecified atom stereocenters. The lowest BCUT2D eigenvalue weighted by Crippen LogP contribution is -2.38. The van der Waals surface area contributed by atoms with Crippen LogP contribution in [0.5, 0.6) is 0 Å². The Labute approximate surface area is 157 Å². The van der Waals surface area contributed by atoms with E-state index in [9.17, 15) is 4.79 Å². The van der Waals surface area contributed by atoms with Gasteiger partial charge in [0.15, 0.2) is 0 Å². The highest BCUT2D eigenvalue weighted by atomic mass is 16.1. The molecule has 142 valence electrons. The summed E-state index contributed by atoms with van der Waals surface area (Å²) < 4.78 is 0. The molecule has 5 nitrogen and oxygen atoms in total. The molecule has 0 aromatic carbocycles. The summed E-state index contributed by atoms with van der Waals surface area (Å²) in [5.74, 6) is 1.66. The van der Waals surface area contributed by atoms with Crippen molar-refractivity contribution in [3.63, 3.8) is 0 Å². The molecule has 0 spiro atoms. The molecule has 4 rings (SSSR count). The van der Waals surface area contributed by atoms with E-state index in [0.717, 1.165) is 43.1 Å². The minimum Gasteiger partial charge on any atom is -0.349 e. The van der Waals surface area contributed by atoms with Gasteiger partial charge >= 0.3 is 0 Å². The first-order valence-electron chi connectivity index (χ1n) is 10.4. The molecule has 2 heterocycles. The minimum absolute atomic E-state index is 0.0512. The van der Waals surface area contributed by atoms with Gasteiger partial charge in [0.25, 0.3) is 0 Å². The molecule has 1 saturated heterocycles. The molecule has 5 heteroatoms. The number of carbonyl (C=O) groups excluding carboxylic acids is 1. The van der Waals surface area contributed by atoms with Crippen molar-refractivity contribution in [1.29, 1.82) is 0 Å². The highest BCUT2D eigenvalue weighted by molar-refractivity contribution is 5.76. The second kappa shape index (κ2) is 7.16. The number of hydrogen-bond acceptors (Lipinski definition) is 4. The predicted octanol–water partition coefficient (Wildman–Crippen LogP) is 3.79. The van der Waals surface area contributed by atoms with E-state index in [-0.39, 0.29) is 17.4 Å². The van der Waals surface area contributed by atoms with Crippen LogP contribution in [0.25, 0.3) is 0 Å². The van der Waals surface area contributed by atoms with Gasteiger partial charge in [-0.3, -0.25) is 4.79 Å². The number of rotatable bonds is 4. The molecular formula is C21H32N4O. The van der Waals surface area contributed by atoms with Crippen molar-refractivity contribution in [3.05, 3.63) is 17.5 Å². The molecule has 1 saturated carbocycles. The number of aromatic nitrogens is 2. The van der Waals surface area contributed by atoms with Crippen molar-refractivity contribution >= 4 is 11.9 Å². The zero-order chi connectivity index (χ0) is 18.1. The molecule has 1 N–H and O–H groups in total. The molecule has 1 amide bonds. The summed E-state index contributed by atoms with van der Waals surface area (Å²) in [6, 6.07) is 0.0512. The number of hydrogen-bond donors (Lipinski definition) is 1. The molecule has 2 fully saturated rings. The van der Waals surface area contributed by atoms with Gasteiger partial charge in [0.1, 0.15) is 0 Å². The van der Waals surface area contributed by atoms with Crippen LogP contribution in [0.3, 0.4) is 0 Å². The third kappa shape index (κ3) is 3.86. The van der Waals surface area contributed by atoms with Crippen LogP contribution < -0.4 is 10.2 Å². The Morgan fingerprint density at radius 3 is 2.69 bits per heavy atom. The Bertz CT molecular complexity index is 660. The third-order valence-corrected chi connectivity index (χ3v) is 6.34. The van der Waals surface area contributed by atoms with E-state index in [1.54, 1.807) is 0 Å². The molecule has 2 aliphatic carbocycles. The number of carbonyl (C=O) groups is 1. The van der Waals surface area contributed by atoms with E-state index in [2.05, 4.69) is 29.0 Å². The van der Waals surface area contributed by atoms with Crippen molar-refractivity contribution in [1.82, 2.24) is 15.3 Å². The van der Waals surface area contributed by atoms with Gasteiger partial charge in [0.2, 0.25) is 11.9 Å². The van der Waals surface area contributed by atoms with E-state index in [1.807, 2.05) is 6.20 Å². The van der Waals surface area contributed by atoms with Gasteiger partial charge in [-0.05, 0) is 49.9 Å². The molecule has 1 atom stereocenters. The highest BCUT2D eigenvalue weighted by Gasteiger charge is 2.35. The number of amides is 1. The molecule has 0 bridgehead atoms. The Morgan fingerprint density at radius 1 is 1.23 bits per heavy atom. The molecule has 26 heavy (non-hydrogen) atoms. The van der Waals surface area contributed by atoms with Crippen molar-refractivity contribution in [2.75, 3.05) is 18.0 Å². The topological polar surface area (TPSA) is 58.1 Å². The maximum atomic E-state index is 12.6. The molecule has 3 aliphatic rings. The Morgan fingerprint density at radius 2 is 1.96 bits per heavy atom. The fourth-order valence-electron chi connectivity index (χ4n) is 4.96. The monoisotopic (exact) mass is 356 g/mol. The zero-order valence-electron chi connectivity index (χ0n) is 16.3. The predicted molar refractivity (Wildman–Crippen MR) is 103 cm³/mol. The van der Waals surface area contributed by atoms with Crippen molar-refractivity contribution in [2.24, 2.45) is 11.3 Å². The number of fused-ring (bicyclic) bond motifs is 1. The fraction of sp³-hybridized carbons (Fsp3) is 0.762. The molecule has 1 aromatic rings. The largest absolute Gasteiger partial charge is 0.349 e. The number of nitrogens with zero attached hydrogens (tertiary/aromatic N) is 3. The Kier molecular flexibility index (Phi) is 4.89. The maximum Gasteiger partial charge on any atom is 0.225 e. The average Bonchev–Trinajstić information content (AvgIpc) is 3.26. The van der Waals surface area contributed by atoms with Crippen molar-refractivity contribution in [2.45, 2.75) is 77.7 Å². The van der Waals surface area contributed by atoms with Crippen LogP contribution in [-0.2, 0) is 11.2 Å². The molecule has 1 aromatic heterocycles. The van der Waals surface area contributed by atoms with Gasteiger partial charge in [-0.1, -0.05) is 26.7 Å². The highest BCUT2D eigenvalue weighted by Crippen LogP contribution is 2.40. The summed E-state index contributed by atoms with van der Waals surface area (Å²) >= 11 is 0. The van der Waals surface area contributed by atoms with Crippen LogP contribution in [0.4, 0.5) is 5.95 Å². The summed E-state index contributed by atoms with van der Waals surface area (Å²) in [5, 5.41) is 3.31. The summed E-state index contributed by atoms with van der Waals surface area (Å²) in [6.07, 6.45) is 12.0. The molecular weight excluding hydrogens is 324 g/mol. The Hall–Kier alpha value is -1.65. The number of nitrogens with one attached hydrogen (secondary N) is 1. The number of anilines is 1. The fourth-order valence-corrected chi connectivity index (χ4v) is 4.96. The van der Waals surface area contributed by atoms with Crippen LogP contribution >= 0.6 is 0 Å². The van der Waals surface area contributed by atoms with Crippen LogP contribution in [-0.4, -0.2) is 29.0 Å². The smallest absolute Gasteiger partial charge is 0.225 e. The van der Waals surface area contributed by atoms with Gasteiger partial charge in [0.05, 0.1) is 11.7 Å². The second-order valence-electron chi connectivity index (χ2n) is 9.29. The molecule has 0 radical (unpaired) electrons. The van der Waals surface area contributed by atoms with Crippen LogP contribution in [0.1, 0.15) is 82.5 Å². The quantitative estimate of drug-likeness (QED) is 0.892. The van der Waals surface area contributed by atoms with Crippen LogP contribution in [0.2, 0.25) is 0 Å². The average molecular weight is 357 g/mol.